The molecule has 2 N–H and O–H groups in total. The number of hydrogen-bond donors (Lipinski definition) is 2. The predicted molar refractivity (Wildman–Crippen MR) is 141 cm³/mol. The molecule has 4 heterocycles. The normalized spacial score (nSPS) is 21.0. The van der Waals surface area contributed by atoms with E-state index in [-0.39, 0.29) is 11.3 Å². The Kier molecular flexibility index (Phi) is 6.21. The molecule has 1 aromatic carbocycles. The first-order valence-electron chi connectivity index (χ1n) is 12.0. The van der Waals surface area contributed by atoms with Crippen LogP contribution in [0, 0.1) is 5.41 Å². The average Bonchev–Trinajstić information content (AvgIpc) is 3.57. The van der Waals surface area contributed by atoms with Crippen LogP contribution < -0.4 is 5.32 Å². The molecule has 3 aromatic rings. The minimum Gasteiger partial charge on any atom is -0.351 e. The Morgan fingerprint density at radius 2 is 2.09 bits per heavy atom. The van der Waals surface area contributed by atoms with Crippen LogP contribution in [0.4, 0.5) is 11.6 Å². The summed E-state index contributed by atoms with van der Waals surface area (Å²) in [7, 11) is 2.17. The van der Waals surface area contributed by atoms with Crippen molar-refractivity contribution < 1.29 is 4.79 Å². The van der Waals surface area contributed by atoms with E-state index in [4.69, 9.17) is 0 Å². The van der Waals surface area contributed by atoms with Gasteiger partial charge in [0, 0.05) is 54.1 Å². The Morgan fingerprint density at radius 1 is 1.23 bits per heavy atom. The molecule has 35 heavy (non-hydrogen) atoms. The summed E-state index contributed by atoms with van der Waals surface area (Å²) in [6, 6.07) is 9.69. The maximum absolute atomic E-state index is 13.2. The van der Waals surface area contributed by atoms with Gasteiger partial charge in [-0.05, 0) is 63.7 Å². The average molecular weight is 470 g/mol. The zero-order valence-electron chi connectivity index (χ0n) is 20.3. The number of rotatable bonds is 6. The molecule has 0 saturated carbocycles. The lowest BCUT2D eigenvalue weighted by Crippen LogP contribution is -2.33. The lowest BCUT2D eigenvalue weighted by atomic mass is 9.86. The van der Waals surface area contributed by atoms with Crippen LogP contribution in [0.1, 0.15) is 35.9 Å². The SMILES string of the molecule is C=CC=N/C(=C\C)c1ccnc(Nc2ccc3[nH]c(C(=O)N4CCC5(CCN(C)C5)C4)cc3c2)n1. The molecule has 2 aliphatic heterocycles. The van der Waals surface area contributed by atoms with Crippen molar-refractivity contribution in [1.29, 1.82) is 0 Å². The molecule has 1 unspecified atom stereocenters. The Labute approximate surface area is 205 Å². The number of nitrogens with one attached hydrogen (secondary N) is 2. The quantitative estimate of drug-likeness (QED) is 0.520. The second-order valence-electron chi connectivity index (χ2n) is 9.53. The molecule has 2 saturated heterocycles. The molecule has 5 rings (SSSR count). The van der Waals surface area contributed by atoms with E-state index in [0.717, 1.165) is 60.6 Å². The van der Waals surface area contributed by atoms with Gasteiger partial charge < -0.3 is 20.1 Å². The van der Waals surface area contributed by atoms with Crippen LogP contribution in [0.2, 0.25) is 0 Å². The summed E-state index contributed by atoms with van der Waals surface area (Å²) >= 11 is 0. The highest BCUT2D eigenvalue weighted by Crippen LogP contribution is 2.39. The standard InChI is InChI=1S/C27H31N7O/c1-4-11-28-21(5-2)23-8-12-29-26(32-23)30-20-6-7-22-19(15-20)16-24(31-22)25(35)34-14-10-27(18-34)9-13-33(3)17-27/h4-8,11-12,15-16,31H,1,9-10,13-14,17-18H2,2-3H3,(H,29,30,32)/b21-5-,28-11?. The van der Waals surface area contributed by atoms with Gasteiger partial charge in [0.2, 0.25) is 5.95 Å². The van der Waals surface area contributed by atoms with Crippen molar-refractivity contribution in [2.24, 2.45) is 10.4 Å². The van der Waals surface area contributed by atoms with Crippen molar-refractivity contribution in [3.63, 3.8) is 0 Å². The third-order valence-corrected chi connectivity index (χ3v) is 6.97. The Hall–Kier alpha value is -3.78. The fraction of sp³-hybridized carbons (Fsp3) is 0.333. The second kappa shape index (κ2) is 9.46. The summed E-state index contributed by atoms with van der Waals surface area (Å²) in [5.74, 6) is 0.558. The van der Waals surface area contributed by atoms with Crippen molar-refractivity contribution in [2.75, 3.05) is 38.5 Å². The van der Waals surface area contributed by atoms with Gasteiger partial charge >= 0.3 is 0 Å². The number of fused-ring (bicyclic) bond motifs is 1. The van der Waals surface area contributed by atoms with Gasteiger partial charge in [0.15, 0.2) is 0 Å². The van der Waals surface area contributed by atoms with Crippen LogP contribution in [-0.4, -0.2) is 70.1 Å². The largest absolute Gasteiger partial charge is 0.351 e. The molecule has 180 valence electrons. The summed E-state index contributed by atoms with van der Waals surface area (Å²) in [6.45, 7) is 9.45. The van der Waals surface area contributed by atoms with Gasteiger partial charge in [0.05, 0.1) is 11.4 Å². The van der Waals surface area contributed by atoms with Gasteiger partial charge in [-0.25, -0.2) is 9.97 Å². The first kappa shape index (κ1) is 23.0. The Morgan fingerprint density at radius 3 is 2.86 bits per heavy atom. The summed E-state index contributed by atoms with van der Waals surface area (Å²) in [4.78, 5) is 34.2. The fourth-order valence-corrected chi connectivity index (χ4v) is 5.21. The molecular formula is C27H31N7O. The van der Waals surface area contributed by atoms with Crippen molar-refractivity contribution in [2.45, 2.75) is 19.8 Å². The molecule has 1 amide bonds. The first-order valence-corrected chi connectivity index (χ1v) is 12.0. The van der Waals surface area contributed by atoms with Crippen LogP contribution in [0.5, 0.6) is 0 Å². The molecule has 0 bridgehead atoms. The molecule has 1 atom stereocenters. The van der Waals surface area contributed by atoms with E-state index in [2.05, 4.69) is 43.8 Å². The third-order valence-electron chi connectivity index (χ3n) is 6.97. The zero-order valence-corrected chi connectivity index (χ0v) is 20.3. The van der Waals surface area contributed by atoms with E-state index >= 15 is 0 Å². The number of aromatic nitrogens is 3. The molecule has 0 radical (unpaired) electrons. The monoisotopic (exact) mass is 469 g/mol. The second-order valence-corrected chi connectivity index (χ2v) is 9.53. The summed E-state index contributed by atoms with van der Waals surface area (Å²) in [5, 5.41) is 4.23. The number of aliphatic imine (C=N–C) groups is 1. The lowest BCUT2D eigenvalue weighted by molar-refractivity contribution is 0.0769. The van der Waals surface area contributed by atoms with Gasteiger partial charge in [-0.2, -0.15) is 0 Å². The number of aromatic amines is 1. The lowest BCUT2D eigenvalue weighted by Gasteiger charge is -2.23. The van der Waals surface area contributed by atoms with Crippen molar-refractivity contribution in [1.82, 2.24) is 24.8 Å². The smallest absolute Gasteiger partial charge is 0.270 e. The van der Waals surface area contributed by atoms with Crippen molar-refractivity contribution in [3.8, 4) is 0 Å². The number of benzene rings is 1. The van der Waals surface area contributed by atoms with Crippen LogP contribution in [0.3, 0.4) is 0 Å². The molecule has 2 aliphatic rings. The first-order chi connectivity index (χ1) is 17.0. The number of likely N-dealkylation sites (tertiary alicyclic amines) is 2. The highest BCUT2D eigenvalue weighted by molar-refractivity contribution is 5.99. The molecule has 1 spiro atoms. The maximum atomic E-state index is 13.2. The zero-order chi connectivity index (χ0) is 24.4. The van der Waals surface area contributed by atoms with E-state index in [9.17, 15) is 4.79 Å². The molecule has 8 heteroatoms. The van der Waals surface area contributed by atoms with Gasteiger partial charge in [-0.1, -0.05) is 18.7 Å². The number of nitrogens with zero attached hydrogens (tertiary/aromatic N) is 5. The number of carbonyl (C=O) groups is 1. The number of anilines is 2. The Balaban J connectivity index is 1.32. The summed E-state index contributed by atoms with van der Waals surface area (Å²) < 4.78 is 0. The van der Waals surface area contributed by atoms with Gasteiger partial charge in [0.25, 0.3) is 5.91 Å². The highest BCUT2D eigenvalue weighted by Gasteiger charge is 2.44. The summed E-state index contributed by atoms with van der Waals surface area (Å²) in [6.07, 6.45) is 9.12. The van der Waals surface area contributed by atoms with Crippen LogP contribution in [0.25, 0.3) is 16.6 Å². The number of H-pyrrole nitrogens is 1. The molecule has 8 nitrogen and oxygen atoms in total. The Bertz CT molecular complexity index is 1320. The summed E-state index contributed by atoms with van der Waals surface area (Å²) in [5.41, 5.74) is 4.14. The van der Waals surface area contributed by atoms with E-state index in [0.29, 0.717) is 11.6 Å². The van der Waals surface area contributed by atoms with Crippen molar-refractivity contribution in [3.05, 3.63) is 66.6 Å². The molecule has 2 aromatic heterocycles. The van der Waals surface area contributed by atoms with Gasteiger partial charge in [-0.15, -0.1) is 0 Å². The minimum absolute atomic E-state index is 0.0807. The topological polar surface area (TPSA) is 89.5 Å². The molecular weight excluding hydrogens is 438 g/mol. The minimum atomic E-state index is 0.0807. The van der Waals surface area contributed by atoms with E-state index in [1.807, 2.05) is 48.2 Å². The van der Waals surface area contributed by atoms with Crippen LogP contribution in [0.15, 0.2) is 60.3 Å². The maximum Gasteiger partial charge on any atom is 0.270 e. The van der Waals surface area contributed by atoms with Crippen molar-refractivity contribution >= 4 is 40.4 Å². The number of hydrogen-bond acceptors (Lipinski definition) is 6. The van der Waals surface area contributed by atoms with Crippen LogP contribution in [-0.2, 0) is 0 Å². The van der Waals surface area contributed by atoms with Gasteiger partial charge in [-0.3, -0.25) is 9.79 Å². The number of allylic oxidation sites excluding steroid dienone is 2. The highest BCUT2D eigenvalue weighted by atomic mass is 16.2. The molecule has 2 fully saturated rings. The van der Waals surface area contributed by atoms with E-state index in [1.165, 1.54) is 6.42 Å². The fourth-order valence-electron chi connectivity index (χ4n) is 5.21. The number of carbonyl (C=O) groups excluding carboxylic acids is 1. The predicted octanol–water partition coefficient (Wildman–Crippen LogP) is 4.49. The van der Waals surface area contributed by atoms with Gasteiger partial charge in [0.1, 0.15) is 5.69 Å². The third kappa shape index (κ3) is 4.74. The molecule has 0 aliphatic carbocycles. The van der Waals surface area contributed by atoms with E-state index in [1.54, 1.807) is 18.5 Å². The number of amides is 1. The van der Waals surface area contributed by atoms with E-state index < -0.39 is 0 Å². The van der Waals surface area contributed by atoms with Crippen LogP contribution >= 0.6 is 0 Å².